The van der Waals surface area contributed by atoms with Gasteiger partial charge in [-0.3, -0.25) is 29.4 Å². The molecule has 0 aromatic heterocycles. The van der Waals surface area contributed by atoms with Gasteiger partial charge in [-0.1, -0.05) is 0 Å². The van der Waals surface area contributed by atoms with Gasteiger partial charge in [0.1, 0.15) is 11.7 Å². The molecule has 3 aliphatic rings. The molecule has 8 nitrogen and oxygen atoms in total. The topological polar surface area (TPSA) is 98.8 Å². The van der Waals surface area contributed by atoms with Crippen molar-refractivity contribution in [2.24, 2.45) is 0 Å². The number of nitrogens with zero attached hydrogens (tertiary/aromatic N) is 2. The van der Waals surface area contributed by atoms with Crippen molar-refractivity contribution in [3.05, 3.63) is 28.6 Å². The van der Waals surface area contributed by atoms with E-state index in [1.165, 1.54) is 4.90 Å². The van der Waals surface area contributed by atoms with E-state index >= 15 is 4.39 Å². The molecule has 3 atom stereocenters. The van der Waals surface area contributed by atoms with E-state index < -0.39 is 63.9 Å². The number of hydrogen-bond acceptors (Lipinski definition) is 6. The van der Waals surface area contributed by atoms with Crippen LogP contribution in [0.4, 0.5) is 18.9 Å². The number of amides is 4. The summed E-state index contributed by atoms with van der Waals surface area (Å²) in [7, 11) is 0. The minimum absolute atomic E-state index is 0.148. The van der Waals surface area contributed by atoms with Crippen molar-refractivity contribution >= 4 is 29.3 Å². The third-order valence-electron chi connectivity index (χ3n) is 5.56. The smallest absolute Gasteiger partial charge is 0.265 e. The van der Waals surface area contributed by atoms with Gasteiger partial charge in [-0.05, 0) is 20.3 Å². The molecule has 1 aromatic rings. The van der Waals surface area contributed by atoms with Gasteiger partial charge in [0.25, 0.3) is 11.8 Å². The SMILES string of the molecule is CC1CN(c2c(F)c(F)c3c(c2F)C(=O)N(C2CCC(=O)NC2=O)C3=O)CC(C)N1. The fraction of sp³-hybridized carbons (Fsp3) is 0.474. The van der Waals surface area contributed by atoms with Crippen LogP contribution in [0, 0.1) is 17.5 Å². The Bertz CT molecular complexity index is 989. The molecule has 3 unspecified atom stereocenters. The van der Waals surface area contributed by atoms with E-state index in [1.54, 1.807) is 13.8 Å². The molecule has 3 heterocycles. The van der Waals surface area contributed by atoms with Crippen molar-refractivity contribution in [2.45, 2.75) is 44.8 Å². The van der Waals surface area contributed by atoms with Gasteiger partial charge in [-0.15, -0.1) is 0 Å². The molecule has 30 heavy (non-hydrogen) atoms. The van der Waals surface area contributed by atoms with Gasteiger partial charge in [0.15, 0.2) is 17.5 Å². The number of imide groups is 2. The molecular weight excluding hydrogens is 405 g/mol. The number of anilines is 1. The average Bonchev–Trinajstić information content (AvgIpc) is 2.91. The maximum Gasteiger partial charge on any atom is 0.265 e. The van der Waals surface area contributed by atoms with Crippen LogP contribution in [0.2, 0.25) is 0 Å². The highest BCUT2D eigenvalue weighted by Crippen LogP contribution is 2.38. The van der Waals surface area contributed by atoms with E-state index in [-0.39, 0.29) is 38.0 Å². The summed E-state index contributed by atoms with van der Waals surface area (Å²) in [5.41, 5.74) is -2.63. The molecule has 0 aliphatic carbocycles. The van der Waals surface area contributed by atoms with Crippen molar-refractivity contribution in [1.29, 1.82) is 0 Å². The van der Waals surface area contributed by atoms with Crippen molar-refractivity contribution in [2.75, 3.05) is 18.0 Å². The van der Waals surface area contributed by atoms with Gasteiger partial charge in [0.2, 0.25) is 11.8 Å². The van der Waals surface area contributed by atoms with Gasteiger partial charge in [0, 0.05) is 31.6 Å². The highest BCUT2D eigenvalue weighted by molar-refractivity contribution is 6.24. The van der Waals surface area contributed by atoms with Gasteiger partial charge >= 0.3 is 0 Å². The van der Waals surface area contributed by atoms with Crippen LogP contribution in [-0.4, -0.2) is 59.7 Å². The van der Waals surface area contributed by atoms with Crippen molar-refractivity contribution in [3.63, 3.8) is 0 Å². The molecule has 3 aliphatic heterocycles. The van der Waals surface area contributed by atoms with E-state index in [0.717, 1.165) is 0 Å². The molecule has 4 amide bonds. The van der Waals surface area contributed by atoms with E-state index in [9.17, 15) is 28.0 Å². The first-order valence-electron chi connectivity index (χ1n) is 9.54. The summed E-state index contributed by atoms with van der Waals surface area (Å²) in [5, 5.41) is 5.16. The van der Waals surface area contributed by atoms with Crippen molar-refractivity contribution in [1.82, 2.24) is 15.5 Å². The average molecular weight is 424 g/mol. The molecule has 160 valence electrons. The predicted octanol–water partition coefficient (Wildman–Crippen LogP) is 0.692. The molecule has 0 bridgehead atoms. The predicted molar refractivity (Wildman–Crippen MR) is 97.3 cm³/mol. The summed E-state index contributed by atoms with van der Waals surface area (Å²) >= 11 is 0. The van der Waals surface area contributed by atoms with Crippen LogP contribution in [0.25, 0.3) is 0 Å². The summed E-state index contributed by atoms with van der Waals surface area (Å²) in [5.74, 6) is -8.55. The van der Waals surface area contributed by atoms with E-state index in [1.807, 2.05) is 5.32 Å². The van der Waals surface area contributed by atoms with Gasteiger partial charge in [-0.25, -0.2) is 13.2 Å². The number of hydrogen-bond donors (Lipinski definition) is 2. The first kappa shape index (κ1) is 20.3. The minimum atomic E-state index is -1.63. The van der Waals surface area contributed by atoms with Crippen LogP contribution in [0.3, 0.4) is 0 Å². The normalized spacial score (nSPS) is 26.9. The standard InChI is InChI=1S/C19H19F3N4O4/c1-7-5-25(6-8(2)23-7)16-14(21)12-11(13(20)15(16)22)18(29)26(19(12)30)9-3-4-10(27)24-17(9)28/h7-9,23H,3-6H2,1-2H3,(H,24,27,28). The first-order valence-corrected chi connectivity index (χ1v) is 9.54. The third kappa shape index (κ3) is 2.95. The lowest BCUT2D eigenvalue weighted by Crippen LogP contribution is -2.55. The number of piperazine rings is 1. The maximum atomic E-state index is 15.4. The number of halogens is 3. The lowest BCUT2D eigenvalue weighted by Gasteiger charge is -2.38. The molecule has 2 fully saturated rings. The van der Waals surface area contributed by atoms with E-state index in [2.05, 4.69) is 5.32 Å². The molecule has 2 saturated heterocycles. The molecule has 0 spiro atoms. The summed E-state index contributed by atoms with van der Waals surface area (Å²) in [6, 6.07) is -1.71. The molecular formula is C19H19F3N4O4. The van der Waals surface area contributed by atoms with Gasteiger partial charge in [0.05, 0.1) is 11.1 Å². The fourth-order valence-electron chi connectivity index (χ4n) is 4.38. The zero-order valence-corrected chi connectivity index (χ0v) is 16.2. The molecule has 2 N–H and O–H groups in total. The van der Waals surface area contributed by atoms with E-state index in [0.29, 0.717) is 4.90 Å². The Hall–Kier alpha value is -2.95. The van der Waals surface area contributed by atoms with Crippen LogP contribution in [0.15, 0.2) is 0 Å². The number of nitrogens with one attached hydrogen (secondary N) is 2. The number of piperidine rings is 1. The van der Waals surface area contributed by atoms with Crippen LogP contribution < -0.4 is 15.5 Å². The summed E-state index contributed by atoms with van der Waals surface area (Å²) in [6.45, 7) is 3.91. The second kappa shape index (κ2) is 7.08. The number of carbonyl (C=O) groups excluding carboxylic acids is 4. The van der Waals surface area contributed by atoms with Crippen LogP contribution in [0.5, 0.6) is 0 Å². The lowest BCUT2D eigenvalue weighted by molar-refractivity contribution is -0.136. The molecule has 0 radical (unpaired) electrons. The first-order chi connectivity index (χ1) is 14.1. The second-order valence-corrected chi connectivity index (χ2v) is 7.86. The van der Waals surface area contributed by atoms with Gasteiger partial charge < -0.3 is 10.2 Å². The third-order valence-corrected chi connectivity index (χ3v) is 5.56. The number of rotatable bonds is 2. The molecule has 0 saturated carbocycles. The molecule has 11 heteroatoms. The lowest BCUT2D eigenvalue weighted by atomic mass is 10.0. The quantitative estimate of drug-likeness (QED) is 0.536. The Balaban J connectivity index is 1.79. The Kier molecular flexibility index (Phi) is 4.80. The van der Waals surface area contributed by atoms with Crippen LogP contribution in [-0.2, 0) is 9.59 Å². The Labute approximate surface area is 169 Å². The largest absolute Gasteiger partial charge is 0.364 e. The Morgan fingerprint density at radius 2 is 1.43 bits per heavy atom. The monoisotopic (exact) mass is 424 g/mol. The Morgan fingerprint density at radius 1 is 0.867 bits per heavy atom. The van der Waals surface area contributed by atoms with Crippen LogP contribution in [0.1, 0.15) is 47.4 Å². The molecule has 1 aromatic carbocycles. The fourth-order valence-corrected chi connectivity index (χ4v) is 4.38. The summed E-state index contributed by atoms with van der Waals surface area (Å²) < 4.78 is 45.1. The number of fused-ring (bicyclic) bond motifs is 1. The Morgan fingerprint density at radius 3 is 2.00 bits per heavy atom. The van der Waals surface area contributed by atoms with Crippen LogP contribution >= 0.6 is 0 Å². The van der Waals surface area contributed by atoms with Gasteiger partial charge in [-0.2, -0.15) is 0 Å². The molecule has 4 rings (SSSR count). The van der Waals surface area contributed by atoms with E-state index in [4.69, 9.17) is 0 Å². The van der Waals surface area contributed by atoms with Crippen molar-refractivity contribution in [3.8, 4) is 0 Å². The van der Waals surface area contributed by atoms with Crippen molar-refractivity contribution < 1.29 is 32.3 Å². The second-order valence-electron chi connectivity index (χ2n) is 7.86. The number of carbonyl (C=O) groups is 4. The highest BCUT2D eigenvalue weighted by atomic mass is 19.2. The summed E-state index contributed by atoms with van der Waals surface area (Å²) in [6.07, 6.45) is -0.327. The zero-order chi connectivity index (χ0) is 21.9. The minimum Gasteiger partial charge on any atom is -0.364 e. The number of benzene rings is 1. The zero-order valence-electron chi connectivity index (χ0n) is 16.2. The highest BCUT2D eigenvalue weighted by Gasteiger charge is 2.49. The summed E-state index contributed by atoms with van der Waals surface area (Å²) in [4.78, 5) is 50.7. The maximum absolute atomic E-state index is 15.4.